The number of nitrogens with one attached hydrogen (secondary N) is 2. The second-order valence-corrected chi connectivity index (χ2v) is 12.4. The van der Waals surface area contributed by atoms with Crippen LogP contribution in [0.2, 0.25) is 0 Å². The summed E-state index contributed by atoms with van der Waals surface area (Å²) < 4.78 is 62.5. The molecule has 1 fully saturated rings. The SMILES string of the molecule is CCS(=O)(=O)Nc1ccc(Oc2ccc(F)cc2F)c(-c2cn(C)c(=O)c3cc(C(=O)NC4(C#N)CC4)sc23)c1. The summed E-state index contributed by atoms with van der Waals surface area (Å²) in [4.78, 5) is 26.2. The van der Waals surface area contributed by atoms with Gasteiger partial charge in [0.2, 0.25) is 10.0 Å². The third kappa shape index (κ3) is 5.28. The van der Waals surface area contributed by atoms with Crippen LogP contribution >= 0.6 is 11.3 Å². The number of nitrogens with zero attached hydrogens (tertiary/aromatic N) is 2. The predicted octanol–water partition coefficient (Wildman–Crippen LogP) is 4.89. The van der Waals surface area contributed by atoms with E-state index in [1.807, 2.05) is 0 Å². The first-order chi connectivity index (χ1) is 18.9. The molecular formula is C27H22F2N4O5S2. The Labute approximate surface area is 231 Å². The Morgan fingerprint density at radius 2 is 1.88 bits per heavy atom. The van der Waals surface area contributed by atoms with Crippen molar-refractivity contribution in [3.63, 3.8) is 0 Å². The fourth-order valence-electron chi connectivity index (χ4n) is 4.04. The van der Waals surface area contributed by atoms with Crippen molar-refractivity contribution in [2.45, 2.75) is 25.3 Å². The Hall–Kier alpha value is -4.28. The quantitative estimate of drug-likeness (QED) is 0.304. The number of sulfonamides is 1. The highest BCUT2D eigenvalue weighted by atomic mass is 32.2. The molecule has 1 aliphatic rings. The summed E-state index contributed by atoms with van der Waals surface area (Å²) in [7, 11) is -2.14. The normalized spacial score (nSPS) is 14.0. The van der Waals surface area contributed by atoms with E-state index < -0.39 is 33.1 Å². The van der Waals surface area contributed by atoms with E-state index in [-0.39, 0.29) is 44.3 Å². The number of amides is 1. The molecule has 0 bridgehead atoms. The largest absolute Gasteiger partial charge is 0.454 e. The van der Waals surface area contributed by atoms with Crippen LogP contribution in [0.25, 0.3) is 21.2 Å². The van der Waals surface area contributed by atoms with E-state index in [0.717, 1.165) is 23.5 Å². The molecule has 9 nitrogen and oxygen atoms in total. The van der Waals surface area contributed by atoms with Gasteiger partial charge in [-0.05, 0) is 56.2 Å². The van der Waals surface area contributed by atoms with E-state index in [1.165, 1.54) is 49.0 Å². The van der Waals surface area contributed by atoms with Gasteiger partial charge < -0.3 is 14.6 Å². The number of fused-ring (bicyclic) bond motifs is 1. The molecule has 13 heteroatoms. The third-order valence-corrected chi connectivity index (χ3v) is 8.90. The van der Waals surface area contributed by atoms with Gasteiger partial charge in [0.1, 0.15) is 17.1 Å². The summed E-state index contributed by atoms with van der Waals surface area (Å²) in [5.41, 5.74) is -0.426. The number of ether oxygens (including phenoxy) is 1. The summed E-state index contributed by atoms with van der Waals surface area (Å²) in [5.74, 6) is -2.60. The maximum Gasteiger partial charge on any atom is 0.262 e. The van der Waals surface area contributed by atoms with Crippen molar-refractivity contribution >= 4 is 43.0 Å². The van der Waals surface area contributed by atoms with E-state index in [4.69, 9.17) is 4.74 Å². The standard InChI is InChI=1S/C27H22F2N4O5S2/c1-3-40(36,37)32-16-5-7-21(38-22-6-4-15(28)10-20(22)29)17(11-16)19-13-33(2)26(35)18-12-23(39-24(18)19)25(34)31-27(14-30)8-9-27/h4-7,10-13,32H,3,8-9H2,1-2H3,(H,31,34). The second-order valence-electron chi connectivity index (χ2n) is 9.35. The van der Waals surface area contributed by atoms with Gasteiger partial charge in [-0.3, -0.25) is 14.3 Å². The number of aryl methyl sites for hydroxylation is 1. The Kier molecular flexibility index (Phi) is 6.85. The summed E-state index contributed by atoms with van der Waals surface area (Å²) in [6.45, 7) is 1.48. The molecule has 4 aromatic rings. The van der Waals surface area contributed by atoms with Crippen LogP contribution in [0.15, 0.2) is 53.5 Å². The summed E-state index contributed by atoms with van der Waals surface area (Å²) in [6.07, 6.45) is 2.57. The molecule has 0 radical (unpaired) electrons. The highest BCUT2D eigenvalue weighted by molar-refractivity contribution is 7.92. The molecule has 2 heterocycles. The molecule has 0 unspecified atom stereocenters. The molecule has 40 heavy (non-hydrogen) atoms. The lowest BCUT2D eigenvalue weighted by Crippen LogP contribution is -2.35. The van der Waals surface area contributed by atoms with Gasteiger partial charge in [0.15, 0.2) is 11.6 Å². The van der Waals surface area contributed by atoms with Crippen LogP contribution < -0.4 is 20.3 Å². The number of carbonyl (C=O) groups excluding carboxylic acids is 1. The number of anilines is 1. The van der Waals surface area contributed by atoms with Crippen molar-refractivity contribution in [2.24, 2.45) is 7.05 Å². The van der Waals surface area contributed by atoms with Crippen molar-refractivity contribution in [3.8, 4) is 28.7 Å². The maximum atomic E-state index is 14.5. The maximum absolute atomic E-state index is 14.5. The van der Waals surface area contributed by atoms with Crippen molar-refractivity contribution < 1.29 is 26.7 Å². The average Bonchev–Trinajstić information content (AvgIpc) is 3.54. The van der Waals surface area contributed by atoms with Crippen LogP contribution in [-0.2, 0) is 17.1 Å². The minimum absolute atomic E-state index is 0.0886. The minimum atomic E-state index is -3.66. The number of pyridine rings is 1. The number of rotatable bonds is 8. The summed E-state index contributed by atoms with van der Waals surface area (Å²) in [6, 6.07) is 10.7. The van der Waals surface area contributed by atoms with E-state index >= 15 is 0 Å². The molecule has 0 saturated heterocycles. The molecule has 5 rings (SSSR count). The minimum Gasteiger partial charge on any atom is -0.454 e. The average molecular weight is 585 g/mol. The predicted molar refractivity (Wildman–Crippen MR) is 147 cm³/mol. The summed E-state index contributed by atoms with van der Waals surface area (Å²) >= 11 is 1.02. The number of hydrogen-bond donors (Lipinski definition) is 2. The smallest absolute Gasteiger partial charge is 0.262 e. The zero-order chi connectivity index (χ0) is 28.8. The number of hydrogen-bond acceptors (Lipinski definition) is 7. The molecule has 1 amide bonds. The van der Waals surface area contributed by atoms with Crippen molar-refractivity contribution in [3.05, 3.63) is 75.5 Å². The lowest BCUT2D eigenvalue weighted by Gasteiger charge is -2.16. The van der Waals surface area contributed by atoms with Crippen LogP contribution in [0.1, 0.15) is 29.4 Å². The van der Waals surface area contributed by atoms with Crippen LogP contribution in [0.3, 0.4) is 0 Å². The molecule has 0 atom stereocenters. The number of thiophene rings is 1. The zero-order valence-corrected chi connectivity index (χ0v) is 22.9. The molecule has 2 N–H and O–H groups in total. The van der Waals surface area contributed by atoms with E-state index in [1.54, 1.807) is 0 Å². The summed E-state index contributed by atoms with van der Waals surface area (Å²) in [5, 5.41) is 12.3. The second kappa shape index (κ2) is 10.0. The van der Waals surface area contributed by atoms with Crippen molar-refractivity contribution in [1.29, 1.82) is 5.26 Å². The molecule has 206 valence electrons. The number of aromatic nitrogens is 1. The fourth-order valence-corrected chi connectivity index (χ4v) is 5.74. The molecule has 1 saturated carbocycles. The van der Waals surface area contributed by atoms with Gasteiger partial charge in [-0.15, -0.1) is 11.3 Å². The number of carbonyl (C=O) groups is 1. The van der Waals surface area contributed by atoms with Crippen molar-refractivity contribution in [2.75, 3.05) is 10.5 Å². The monoisotopic (exact) mass is 584 g/mol. The Balaban J connectivity index is 1.68. The van der Waals surface area contributed by atoms with E-state index in [2.05, 4.69) is 16.1 Å². The van der Waals surface area contributed by atoms with Gasteiger partial charge >= 0.3 is 0 Å². The number of halogens is 2. The van der Waals surface area contributed by atoms with Crippen LogP contribution in [0.4, 0.5) is 14.5 Å². The number of benzene rings is 2. The van der Waals surface area contributed by atoms with E-state index in [0.29, 0.717) is 29.2 Å². The van der Waals surface area contributed by atoms with Crippen LogP contribution in [0, 0.1) is 23.0 Å². The lowest BCUT2D eigenvalue weighted by molar-refractivity contribution is 0.0945. The van der Waals surface area contributed by atoms with E-state index in [9.17, 15) is 32.0 Å². The highest BCUT2D eigenvalue weighted by Crippen LogP contribution is 2.42. The molecule has 0 spiro atoms. The topological polar surface area (TPSA) is 130 Å². The van der Waals surface area contributed by atoms with Crippen molar-refractivity contribution in [1.82, 2.24) is 9.88 Å². The van der Waals surface area contributed by atoms with Crippen LogP contribution in [0.5, 0.6) is 11.5 Å². The van der Waals surface area contributed by atoms with Gasteiger partial charge in [0, 0.05) is 36.1 Å². The Bertz CT molecular complexity index is 1890. The zero-order valence-electron chi connectivity index (χ0n) is 21.2. The van der Waals surface area contributed by atoms with Gasteiger partial charge in [-0.2, -0.15) is 5.26 Å². The molecule has 1 aliphatic carbocycles. The first-order valence-electron chi connectivity index (χ1n) is 12.1. The van der Waals surface area contributed by atoms with Gasteiger partial charge in [0.05, 0.1) is 26.8 Å². The Morgan fingerprint density at radius 3 is 2.52 bits per heavy atom. The molecule has 0 aliphatic heterocycles. The van der Waals surface area contributed by atoms with Gasteiger partial charge in [-0.25, -0.2) is 17.2 Å². The van der Waals surface area contributed by atoms with Gasteiger partial charge in [0.25, 0.3) is 11.5 Å². The number of nitriles is 1. The molecule has 2 aromatic carbocycles. The third-order valence-electron chi connectivity index (χ3n) is 6.43. The fraction of sp³-hybridized carbons (Fsp3) is 0.222. The first kappa shape index (κ1) is 27.3. The molecule has 2 aromatic heterocycles. The van der Waals surface area contributed by atoms with Crippen LogP contribution in [-0.4, -0.2) is 30.2 Å². The van der Waals surface area contributed by atoms with Gasteiger partial charge in [-0.1, -0.05) is 0 Å². The lowest BCUT2D eigenvalue weighted by atomic mass is 10.0. The Morgan fingerprint density at radius 1 is 1.15 bits per heavy atom. The highest BCUT2D eigenvalue weighted by Gasteiger charge is 2.45. The first-order valence-corrected chi connectivity index (χ1v) is 14.6. The molecular weight excluding hydrogens is 562 g/mol.